The summed E-state index contributed by atoms with van der Waals surface area (Å²) in [5.74, 6) is 0.498. The Morgan fingerprint density at radius 2 is 2.00 bits per heavy atom. The van der Waals surface area contributed by atoms with Crippen LogP contribution in [0.3, 0.4) is 0 Å². The number of nitrogens with one attached hydrogen (secondary N) is 1. The summed E-state index contributed by atoms with van der Waals surface area (Å²) in [6, 6.07) is 14.7. The van der Waals surface area contributed by atoms with Crippen LogP contribution in [0.4, 0.5) is 4.39 Å². The van der Waals surface area contributed by atoms with Crippen molar-refractivity contribution in [2.24, 2.45) is 0 Å². The molecule has 0 aliphatic rings. The van der Waals surface area contributed by atoms with Crippen LogP contribution in [-0.2, 0) is 10.5 Å². The van der Waals surface area contributed by atoms with Crippen LogP contribution in [0.1, 0.15) is 24.1 Å². The van der Waals surface area contributed by atoms with Crippen molar-refractivity contribution in [3.63, 3.8) is 0 Å². The van der Waals surface area contributed by atoms with Gasteiger partial charge < -0.3 is 5.32 Å². The molecule has 1 amide bonds. The molecule has 0 spiro atoms. The van der Waals surface area contributed by atoms with Gasteiger partial charge in [0.25, 0.3) is 0 Å². The quantitative estimate of drug-likeness (QED) is 0.785. The molecule has 2 aromatic rings. The fourth-order valence-corrected chi connectivity index (χ4v) is 3.16. The van der Waals surface area contributed by atoms with E-state index in [9.17, 15) is 9.18 Å². The number of benzene rings is 2. The van der Waals surface area contributed by atoms with Gasteiger partial charge in [0.2, 0.25) is 5.91 Å². The van der Waals surface area contributed by atoms with Crippen LogP contribution in [0.5, 0.6) is 0 Å². The molecule has 2 rings (SSSR count). The molecule has 5 heteroatoms. The van der Waals surface area contributed by atoms with Gasteiger partial charge in [-0.15, -0.1) is 11.8 Å². The number of rotatable bonds is 6. The van der Waals surface area contributed by atoms with Crippen LogP contribution < -0.4 is 5.32 Å². The summed E-state index contributed by atoms with van der Waals surface area (Å²) in [7, 11) is 0. The highest BCUT2D eigenvalue weighted by Crippen LogP contribution is 2.20. The molecule has 0 bridgehead atoms. The molecule has 1 atom stereocenters. The third kappa shape index (κ3) is 5.14. The van der Waals surface area contributed by atoms with E-state index >= 15 is 0 Å². The number of halogens is 2. The SMILES string of the molecule is CC(NC(=O)CSCc1ccc(Br)cc1F)c1ccccc1. The van der Waals surface area contributed by atoms with E-state index in [4.69, 9.17) is 0 Å². The number of carbonyl (C=O) groups is 1. The standard InChI is InChI=1S/C17H17BrFNOS/c1-12(13-5-3-2-4-6-13)20-17(21)11-22-10-14-7-8-15(18)9-16(14)19/h2-9,12H,10-11H2,1H3,(H,20,21). The van der Waals surface area contributed by atoms with Crippen molar-refractivity contribution >= 4 is 33.6 Å². The van der Waals surface area contributed by atoms with Gasteiger partial charge in [0, 0.05) is 10.2 Å². The third-order valence-electron chi connectivity index (χ3n) is 3.18. The minimum atomic E-state index is -0.250. The lowest BCUT2D eigenvalue weighted by atomic mass is 10.1. The lowest BCUT2D eigenvalue weighted by Crippen LogP contribution is -2.28. The van der Waals surface area contributed by atoms with Crippen LogP contribution in [0.2, 0.25) is 0 Å². The van der Waals surface area contributed by atoms with Crippen LogP contribution in [0, 0.1) is 5.82 Å². The monoisotopic (exact) mass is 381 g/mol. The summed E-state index contributed by atoms with van der Waals surface area (Å²) in [4.78, 5) is 11.9. The van der Waals surface area contributed by atoms with Gasteiger partial charge in [-0.25, -0.2) is 4.39 Å². The number of amides is 1. The summed E-state index contributed by atoms with van der Waals surface area (Å²) < 4.78 is 14.4. The lowest BCUT2D eigenvalue weighted by molar-refractivity contribution is -0.119. The number of hydrogen-bond donors (Lipinski definition) is 1. The van der Waals surface area contributed by atoms with Gasteiger partial charge in [-0.1, -0.05) is 52.3 Å². The molecule has 22 heavy (non-hydrogen) atoms. The first-order valence-corrected chi connectivity index (χ1v) is 8.87. The van der Waals surface area contributed by atoms with Crippen LogP contribution in [0.25, 0.3) is 0 Å². The van der Waals surface area contributed by atoms with E-state index in [1.54, 1.807) is 12.1 Å². The van der Waals surface area contributed by atoms with Gasteiger partial charge in [0.15, 0.2) is 0 Å². The molecule has 2 nitrogen and oxygen atoms in total. The maximum absolute atomic E-state index is 13.7. The van der Waals surface area contributed by atoms with E-state index in [1.807, 2.05) is 37.3 Å². The van der Waals surface area contributed by atoms with Gasteiger partial charge >= 0.3 is 0 Å². The minimum absolute atomic E-state index is 0.0290. The molecule has 0 radical (unpaired) electrons. The molecule has 0 fully saturated rings. The molecule has 0 saturated carbocycles. The van der Waals surface area contributed by atoms with E-state index in [0.29, 0.717) is 21.5 Å². The zero-order valence-electron chi connectivity index (χ0n) is 12.2. The molecular formula is C17H17BrFNOS. The first-order chi connectivity index (χ1) is 10.6. The van der Waals surface area contributed by atoms with Crippen molar-refractivity contribution in [2.75, 3.05) is 5.75 Å². The second kappa shape index (κ2) is 8.34. The Hall–Kier alpha value is -1.33. The van der Waals surface area contributed by atoms with Gasteiger partial charge in [-0.2, -0.15) is 0 Å². The normalized spacial score (nSPS) is 12.0. The fourth-order valence-electron chi connectivity index (χ4n) is 2.00. The van der Waals surface area contributed by atoms with Crippen molar-refractivity contribution in [3.8, 4) is 0 Å². The third-order valence-corrected chi connectivity index (χ3v) is 4.66. The molecular weight excluding hydrogens is 365 g/mol. The predicted molar refractivity (Wildman–Crippen MR) is 93.3 cm³/mol. The maximum Gasteiger partial charge on any atom is 0.230 e. The lowest BCUT2D eigenvalue weighted by Gasteiger charge is -2.14. The smallest absolute Gasteiger partial charge is 0.230 e. The summed E-state index contributed by atoms with van der Waals surface area (Å²) >= 11 is 4.63. The van der Waals surface area contributed by atoms with Gasteiger partial charge in [-0.05, 0) is 30.2 Å². The van der Waals surface area contributed by atoms with E-state index < -0.39 is 0 Å². The first-order valence-electron chi connectivity index (χ1n) is 6.92. The van der Waals surface area contributed by atoms with Crippen LogP contribution in [0.15, 0.2) is 53.0 Å². The van der Waals surface area contributed by atoms with Gasteiger partial charge in [-0.3, -0.25) is 4.79 Å². The Morgan fingerprint density at radius 3 is 2.68 bits per heavy atom. The molecule has 116 valence electrons. The highest BCUT2D eigenvalue weighted by Gasteiger charge is 2.10. The Bertz CT molecular complexity index is 636. The molecule has 0 aliphatic heterocycles. The second-order valence-corrected chi connectivity index (χ2v) is 6.83. The van der Waals surface area contributed by atoms with E-state index in [2.05, 4.69) is 21.2 Å². The Morgan fingerprint density at radius 1 is 1.27 bits per heavy atom. The van der Waals surface area contributed by atoms with Crippen molar-refractivity contribution in [1.29, 1.82) is 0 Å². The zero-order chi connectivity index (χ0) is 15.9. The minimum Gasteiger partial charge on any atom is -0.349 e. The molecule has 0 aliphatic carbocycles. The first kappa shape index (κ1) is 17.0. The Labute approximate surface area is 142 Å². The van der Waals surface area contributed by atoms with E-state index in [1.165, 1.54) is 17.8 Å². The predicted octanol–water partition coefficient (Wildman–Crippen LogP) is 4.70. The van der Waals surface area contributed by atoms with Crippen molar-refractivity contribution in [1.82, 2.24) is 5.32 Å². The zero-order valence-corrected chi connectivity index (χ0v) is 14.6. The molecule has 1 unspecified atom stereocenters. The topological polar surface area (TPSA) is 29.1 Å². The van der Waals surface area contributed by atoms with Gasteiger partial charge in [0.05, 0.1) is 11.8 Å². The Kier molecular flexibility index (Phi) is 6.46. The number of hydrogen-bond acceptors (Lipinski definition) is 2. The Balaban J connectivity index is 1.78. The largest absolute Gasteiger partial charge is 0.349 e. The average Bonchev–Trinajstić information content (AvgIpc) is 2.50. The molecule has 2 aromatic carbocycles. The van der Waals surface area contributed by atoms with Crippen molar-refractivity contribution in [2.45, 2.75) is 18.7 Å². The molecule has 1 N–H and O–H groups in total. The van der Waals surface area contributed by atoms with E-state index in [-0.39, 0.29) is 17.8 Å². The summed E-state index contributed by atoms with van der Waals surface area (Å²) in [5.41, 5.74) is 1.68. The van der Waals surface area contributed by atoms with Crippen LogP contribution in [-0.4, -0.2) is 11.7 Å². The van der Waals surface area contributed by atoms with Crippen LogP contribution >= 0.6 is 27.7 Å². The summed E-state index contributed by atoms with van der Waals surface area (Å²) in [6.45, 7) is 1.95. The maximum atomic E-state index is 13.7. The average molecular weight is 382 g/mol. The van der Waals surface area contributed by atoms with Crippen molar-refractivity contribution in [3.05, 3.63) is 69.9 Å². The van der Waals surface area contributed by atoms with E-state index in [0.717, 1.165) is 5.56 Å². The highest BCUT2D eigenvalue weighted by molar-refractivity contribution is 9.10. The fraction of sp³-hybridized carbons (Fsp3) is 0.235. The number of thioether (sulfide) groups is 1. The number of carbonyl (C=O) groups excluding carboxylic acids is 1. The second-order valence-electron chi connectivity index (χ2n) is 4.93. The highest BCUT2D eigenvalue weighted by atomic mass is 79.9. The molecule has 0 aromatic heterocycles. The summed E-state index contributed by atoms with van der Waals surface area (Å²) in [5, 5.41) is 2.95. The molecule has 0 heterocycles. The summed E-state index contributed by atoms with van der Waals surface area (Å²) in [6.07, 6.45) is 0. The van der Waals surface area contributed by atoms with Crippen molar-refractivity contribution < 1.29 is 9.18 Å². The molecule has 0 saturated heterocycles. The van der Waals surface area contributed by atoms with Gasteiger partial charge in [0.1, 0.15) is 5.82 Å².